The van der Waals surface area contributed by atoms with E-state index in [2.05, 4.69) is 13.8 Å². The zero-order chi connectivity index (χ0) is 46.3. The van der Waals surface area contributed by atoms with Crippen molar-refractivity contribution < 1.29 is 80.2 Å². The number of ether oxygens (including phenoxy) is 4. The van der Waals surface area contributed by atoms with E-state index in [4.69, 9.17) is 37.0 Å². The Balaban J connectivity index is 4.97. The van der Waals surface area contributed by atoms with Crippen LogP contribution in [0.3, 0.4) is 0 Å². The minimum absolute atomic E-state index is 0.0183. The number of hydrogen-bond acceptors (Lipinski definition) is 15. The van der Waals surface area contributed by atoms with Crippen LogP contribution in [0, 0.1) is 0 Å². The summed E-state index contributed by atoms with van der Waals surface area (Å²) in [5.41, 5.74) is 0. The molecule has 0 radical (unpaired) electrons. The Morgan fingerprint density at radius 1 is 0.403 bits per heavy atom. The summed E-state index contributed by atoms with van der Waals surface area (Å²) in [7, 11) is -9.78. The first-order valence-electron chi connectivity index (χ1n) is 23.3. The third kappa shape index (κ3) is 38.5. The molecule has 19 heteroatoms. The molecule has 5 atom stereocenters. The molecule has 2 unspecified atom stereocenters. The molecule has 0 aliphatic rings. The number of hydrogen-bond donors (Lipinski definition) is 3. The molecule has 0 saturated heterocycles. The second-order valence-electron chi connectivity index (χ2n) is 15.7. The Hall–Kier alpha value is -1.94. The van der Waals surface area contributed by atoms with Gasteiger partial charge in [0.2, 0.25) is 0 Å². The van der Waals surface area contributed by atoms with Crippen molar-refractivity contribution in [1.29, 1.82) is 0 Å². The standard InChI is InChI=1S/C43H82O17P2/c1-5-9-11-13-15-17-19-21-23-25-27-30-43(48)60-39(34-54-42(47)29-26-24-22-20-18-16-14-12-10-6-2)36-58-62(51,52)56-32-37(44)31-55-61(49,50)57-35-38(59-40(45)8-4)33-53-41(46)28-7-3/h37-39,44H,5-36H2,1-4H3,(H,49,50)(H,51,52)/t37-,38-,39-/m1/s1. The molecular weight excluding hydrogens is 850 g/mol. The van der Waals surface area contributed by atoms with E-state index in [-0.39, 0.29) is 25.7 Å². The van der Waals surface area contributed by atoms with E-state index in [1.807, 2.05) is 0 Å². The number of carbonyl (C=O) groups excluding carboxylic acids is 4. The summed E-state index contributed by atoms with van der Waals surface area (Å²) in [6.07, 6.45) is 19.9. The van der Waals surface area contributed by atoms with E-state index >= 15 is 0 Å². The Kier molecular flexibility index (Phi) is 38.2. The zero-order valence-corrected chi connectivity index (χ0v) is 40.1. The lowest BCUT2D eigenvalue weighted by atomic mass is 10.1. The number of phosphoric ester groups is 2. The molecule has 0 bridgehead atoms. The molecule has 0 aromatic rings. The largest absolute Gasteiger partial charge is 0.472 e. The highest BCUT2D eigenvalue weighted by Crippen LogP contribution is 2.45. The number of unbranched alkanes of at least 4 members (excludes halogenated alkanes) is 19. The van der Waals surface area contributed by atoms with Gasteiger partial charge in [0.25, 0.3) is 0 Å². The maximum absolute atomic E-state index is 12.7. The molecule has 0 aliphatic heterocycles. The lowest BCUT2D eigenvalue weighted by molar-refractivity contribution is -0.161. The molecule has 0 heterocycles. The third-order valence-electron chi connectivity index (χ3n) is 9.63. The maximum atomic E-state index is 12.7. The highest BCUT2D eigenvalue weighted by atomic mass is 31.2. The van der Waals surface area contributed by atoms with Gasteiger partial charge in [0.05, 0.1) is 26.4 Å². The highest BCUT2D eigenvalue weighted by molar-refractivity contribution is 7.47. The molecular formula is C43H82O17P2. The van der Waals surface area contributed by atoms with Crippen molar-refractivity contribution in [2.75, 3.05) is 39.6 Å². The van der Waals surface area contributed by atoms with Crippen molar-refractivity contribution in [2.24, 2.45) is 0 Å². The predicted molar refractivity (Wildman–Crippen MR) is 234 cm³/mol. The van der Waals surface area contributed by atoms with Gasteiger partial charge >= 0.3 is 39.5 Å². The molecule has 3 N–H and O–H groups in total. The van der Waals surface area contributed by atoms with Crippen LogP contribution in [0.15, 0.2) is 0 Å². The summed E-state index contributed by atoms with van der Waals surface area (Å²) in [4.78, 5) is 69.1. The maximum Gasteiger partial charge on any atom is 0.472 e. The Morgan fingerprint density at radius 2 is 0.726 bits per heavy atom. The van der Waals surface area contributed by atoms with Gasteiger partial charge in [-0.15, -0.1) is 0 Å². The average Bonchev–Trinajstić information content (AvgIpc) is 3.24. The Labute approximate surface area is 371 Å². The summed E-state index contributed by atoms with van der Waals surface area (Å²) in [6, 6.07) is 0. The van der Waals surface area contributed by atoms with Gasteiger partial charge in [0, 0.05) is 25.7 Å². The molecule has 0 saturated carbocycles. The second kappa shape index (κ2) is 39.4. The fraction of sp³-hybridized carbons (Fsp3) is 0.907. The quantitative estimate of drug-likeness (QED) is 0.0223. The lowest BCUT2D eigenvalue weighted by Gasteiger charge is -2.21. The van der Waals surface area contributed by atoms with E-state index in [0.29, 0.717) is 19.3 Å². The SMILES string of the molecule is CCCCCCCCCCCCCC(=O)O[C@H](COC(=O)CCCCCCCCCCCC)COP(=O)(O)OC[C@H](O)COP(=O)(O)OC[C@@H](COC(=O)CCC)OC(=O)CC. The van der Waals surface area contributed by atoms with Crippen LogP contribution >= 0.6 is 15.6 Å². The smallest absolute Gasteiger partial charge is 0.462 e. The van der Waals surface area contributed by atoms with Crippen molar-refractivity contribution >= 4 is 39.5 Å². The minimum atomic E-state index is -4.91. The van der Waals surface area contributed by atoms with Crippen molar-refractivity contribution in [2.45, 2.75) is 213 Å². The van der Waals surface area contributed by atoms with Crippen LogP contribution < -0.4 is 0 Å². The number of carbonyl (C=O) groups is 4. The van der Waals surface area contributed by atoms with Crippen LogP contribution in [0.25, 0.3) is 0 Å². The van der Waals surface area contributed by atoms with Crippen molar-refractivity contribution in [3.05, 3.63) is 0 Å². The molecule has 0 fully saturated rings. The van der Waals surface area contributed by atoms with E-state index in [9.17, 15) is 43.2 Å². The summed E-state index contributed by atoms with van der Waals surface area (Å²) in [6.45, 7) is 3.68. The molecule has 62 heavy (non-hydrogen) atoms. The van der Waals surface area contributed by atoms with Crippen LogP contribution in [-0.2, 0) is 65.4 Å². The minimum Gasteiger partial charge on any atom is -0.462 e. The summed E-state index contributed by atoms with van der Waals surface area (Å²) in [5, 5.41) is 10.2. The van der Waals surface area contributed by atoms with Gasteiger partial charge in [-0.1, -0.05) is 150 Å². The van der Waals surface area contributed by atoms with E-state index in [1.165, 1.54) is 84.0 Å². The topological polar surface area (TPSA) is 237 Å². The second-order valence-corrected chi connectivity index (χ2v) is 18.6. The molecule has 17 nitrogen and oxygen atoms in total. The van der Waals surface area contributed by atoms with Crippen LogP contribution in [0.1, 0.15) is 195 Å². The average molecular weight is 933 g/mol. The molecule has 0 aromatic heterocycles. The lowest BCUT2D eigenvalue weighted by Crippen LogP contribution is -2.30. The van der Waals surface area contributed by atoms with Crippen molar-refractivity contribution in [3.63, 3.8) is 0 Å². The first-order valence-corrected chi connectivity index (χ1v) is 26.3. The first-order chi connectivity index (χ1) is 29.7. The molecule has 0 rings (SSSR count). The predicted octanol–water partition coefficient (Wildman–Crippen LogP) is 9.75. The fourth-order valence-electron chi connectivity index (χ4n) is 5.99. The summed E-state index contributed by atoms with van der Waals surface area (Å²) in [5.74, 6) is -2.32. The Morgan fingerprint density at radius 3 is 1.10 bits per heavy atom. The zero-order valence-electron chi connectivity index (χ0n) is 38.3. The van der Waals surface area contributed by atoms with Crippen LogP contribution in [0.5, 0.6) is 0 Å². The van der Waals surface area contributed by atoms with Crippen molar-refractivity contribution in [1.82, 2.24) is 0 Å². The number of aliphatic hydroxyl groups is 1. The van der Waals surface area contributed by atoms with E-state index < -0.39 is 97.5 Å². The monoisotopic (exact) mass is 933 g/mol. The van der Waals surface area contributed by atoms with Gasteiger partial charge in [0.1, 0.15) is 19.3 Å². The van der Waals surface area contributed by atoms with Gasteiger partial charge < -0.3 is 33.8 Å². The molecule has 0 aromatic carbocycles. The van der Waals surface area contributed by atoms with Crippen LogP contribution in [0.4, 0.5) is 0 Å². The van der Waals surface area contributed by atoms with Gasteiger partial charge in [0.15, 0.2) is 12.2 Å². The number of aliphatic hydroxyl groups excluding tert-OH is 1. The Bertz CT molecular complexity index is 1250. The van der Waals surface area contributed by atoms with E-state index in [1.54, 1.807) is 6.92 Å². The van der Waals surface area contributed by atoms with Gasteiger partial charge in [-0.05, 0) is 19.3 Å². The van der Waals surface area contributed by atoms with Crippen molar-refractivity contribution in [3.8, 4) is 0 Å². The number of esters is 4. The van der Waals surface area contributed by atoms with E-state index in [0.717, 1.165) is 44.9 Å². The van der Waals surface area contributed by atoms with Gasteiger partial charge in [-0.2, -0.15) is 0 Å². The highest BCUT2D eigenvalue weighted by Gasteiger charge is 2.30. The first kappa shape index (κ1) is 60.1. The molecule has 0 spiro atoms. The van der Waals surface area contributed by atoms with Crippen LogP contribution in [-0.4, -0.2) is 96.7 Å². The van der Waals surface area contributed by atoms with Crippen LogP contribution in [0.2, 0.25) is 0 Å². The normalized spacial score (nSPS) is 14.9. The number of phosphoric acid groups is 2. The molecule has 0 aliphatic carbocycles. The summed E-state index contributed by atoms with van der Waals surface area (Å²) < 4.78 is 65.4. The number of rotatable bonds is 44. The third-order valence-corrected chi connectivity index (χ3v) is 11.5. The van der Waals surface area contributed by atoms with Gasteiger partial charge in [-0.3, -0.25) is 37.3 Å². The molecule has 366 valence electrons. The summed E-state index contributed by atoms with van der Waals surface area (Å²) >= 11 is 0. The fourth-order valence-corrected chi connectivity index (χ4v) is 7.57. The van der Waals surface area contributed by atoms with Gasteiger partial charge in [-0.25, -0.2) is 9.13 Å². The molecule has 0 amide bonds.